The van der Waals surface area contributed by atoms with Crippen molar-refractivity contribution in [2.24, 2.45) is 0 Å². The molecule has 0 radical (unpaired) electrons. The number of nitriles is 1. The number of fused-ring (bicyclic) bond motifs is 1. The number of aromatic nitrogens is 1. The fraction of sp³-hybridized carbons (Fsp3) is 0.190. The van der Waals surface area contributed by atoms with Crippen LogP contribution in [0.15, 0.2) is 47.5 Å². The fourth-order valence-corrected chi connectivity index (χ4v) is 3.47. The molecule has 0 atom stereocenters. The van der Waals surface area contributed by atoms with E-state index >= 15 is 0 Å². The molecule has 1 N–H and O–H groups in total. The van der Waals surface area contributed by atoms with Gasteiger partial charge in [0.2, 0.25) is 5.91 Å². The van der Waals surface area contributed by atoms with Crippen LogP contribution in [0.1, 0.15) is 5.56 Å². The van der Waals surface area contributed by atoms with Crippen molar-refractivity contribution in [2.75, 3.05) is 32.4 Å². The Morgan fingerprint density at radius 2 is 1.86 bits per heavy atom. The first-order valence-corrected chi connectivity index (χ1v) is 9.60. The lowest BCUT2D eigenvalue weighted by atomic mass is 10.1. The van der Waals surface area contributed by atoms with E-state index in [0.29, 0.717) is 39.0 Å². The predicted molar refractivity (Wildman–Crippen MR) is 112 cm³/mol. The molecule has 0 spiro atoms. The van der Waals surface area contributed by atoms with Crippen LogP contribution in [-0.4, -0.2) is 38.0 Å². The number of thioether (sulfide) groups is 1. The topological polar surface area (TPSA) is 93.5 Å². The maximum atomic E-state index is 12.3. The first-order chi connectivity index (χ1) is 14.1. The van der Waals surface area contributed by atoms with Crippen LogP contribution in [0, 0.1) is 11.3 Å². The molecule has 0 unspecified atom stereocenters. The molecule has 0 saturated carbocycles. The van der Waals surface area contributed by atoms with Gasteiger partial charge in [-0.15, -0.1) is 0 Å². The highest BCUT2D eigenvalue weighted by molar-refractivity contribution is 8.00. The van der Waals surface area contributed by atoms with Crippen molar-refractivity contribution in [2.45, 2.75) is 5.03 Å². The Bertz CT molecular complexity index is 1100. The number of pyridine rings is 1. The van der Waals surface area contributed by atoms with Crippen molar-refractivity contribution in [3.8, 4) is 23.3 Å². The van der Waals surface area contributed by atoms with Crippen molar-refractivity contribution >= 4 is 34.3 Å². The molecular formula is C21H19N3O4S. The number of benzene rings is 2. The van der Waals surface area contributed by atoms with E-state index in [1.165, 1.54) is 11.8 Å². The highest BCUT2D eigenvalue weighted by Crippen LogP contribution is 2.33. The van der Waals surface area contributed by atoms with Crippen LogP contribution in [0.5, 0.6) is 17.2 Å². The Labute approximate surface area is 172 Å². The maximum absolute atomic E-state index is 12.3. The molecule has 1 heterocycles. The lowest BCUT2D eigenvalue weighted by Gasteiger charge is -2.11. The Balaban J connectivity index is 1.79. The molecule has 1 aromatic heterocycles. The zero-order valence-electron chi connectivity index (χ0n) is 16.2. The fourth-order valence-electron chi connectivity index (χ4n) is 2.71. The third kappa shape index (κ3) is 4.70. The molecule has 3 aromatic rings. The van der Waals surface area contributed by atoms with Gasteiger partial charge in [-0.3, -0.25) is 4.79 Å². The lowest BCUT2D eigenvalue weighted by Crippen LogP contribution is -2.14. The average molecular weight is 409 g/mol. The predicted octanol–water partition coefficient (Wildman–Crippen LogP) is 3.86. The van der Waals surface area contributed by atoms with E-state index in [-0.39, 0.29) is 11.7 Å². The molecule has 2 aromatic carbocycles. The van der Waals surface area contributed by atoms with E-state index in [1.54, 1.807) is 63.8 Å². The van der Waals surface area contributed by atoms with E-state index in [1.807, 2.05) is 0 Å². The zero-order valence-corrected chi connectivity index (χ0v) is 17.0. The SMILES string of the molecule is COc1cccc(NC(=O)CSc2nc3cc(OC)c(OC)cc3cc2C#N)c1. The van der Waals surface area contributed by atoms with Gasteiger partial charge in [-0.25, -0.2) is 4.98 Å². The van der Waals surface area contributed by atoms with Crippen molar-refractivity contribution < 1.29 is 19.0 Å². The maximum Gasteiger partial charge on any atom is 0.234 e. The van der Waals surface area contributed by atoms with Crippen LogP contribution in [0.25, 0.3) is 10.9 Å². The highest BCUT2D eigenvalue weighted by atomic mass is 32.2. The quantitative estimate of drug-likeness (QED) is 0.592. The number of carbonyl (C=O) groups is 1. The Hall–Kier alpha value is -3.44. The summed E-state index contributed by atoms with van der Waals surface area (Å²) in [5, 5.41) is 13.5. The number of nitrogens with one attached hydrogen (secondary N) is 1. The van der Waals surface area contributed by atoms with Gasteiger partial charge in [0, 0.05) is 23.2 Å². The summed E-state index contributed by atoms with van der Waals surface area (Å²) in [5.74, 6) is 1.66. The largest absolute Gasteiger partial charge is 0.497 e. The zero-order chi connectivity index (χ0) is 20.8. The second-order valence-electron chi connectivity index (χ2n) is 5.92. The van der Waals surface area contributed by atoms with Crippen molar-refractivity contribution in [1.82, 2.24) is 4.98 Å². The third-order valence-corrected chi connectivity index (χ3v) is 5.09. The number of carbonyl (C=O) groups excluding carboxylic acids is 1. The van der Waals surface area contributed by atoms with Gasteiger partial charge in [-0.05, 0) is 24.3 Å². The molecule has 8 heteroatoms. The summed E-state index contributed by atoms with van der Waals surface area (Å²) in [6.45, 7) is 0. The summed E-state index contributed by atoms with van der Waals surface area (Å²) < 4.78 is 15.8. The number of nitrogens with zero attached hydrogens (tertiary/aromatic N) is 2. The summed E-state index contributed by atoms with van der Waals surface area (Å²) in [4.78, 5) is 16.9. The number of anilines is 1. The molecule has 0 saturated heterocycles. The molecule has 0 bridgehead atoms. The van der Waals surface area contributed by atoms with Crippen molar-refractivity contribution in [3.63, 3.8) is 0 Å². The van der Waals surface area contributed by atoms with Gasteiger partial charge in [0.1, 0.15) is 16.8 Å². The summed E-state index contributed by atoms with van der Waals surface area (Å²) in [6.07, 6.45) is 0. The van der Waals surface area contributed by atoms with Crippen LogP contribution in [0.4, 0.5) is 5.69 Å². The third-order valence-electron chi connectivity index (χ3n) is 4.10. The van der Waals surface area contributed by atoms with Crippen LogP contribution in [-0.2, 0) is 4.79 Å². The molecule has 0 aliphatic carbocycles. The summed E-state index contributed by atoms with van der Waals surface area (Å²) in [7, 11) is 4.66. The summed E-state index contributed by atoms with van der Waals surface area (Å²) in [6, 6.07) is 14.5. The van der Waals surface area contributed by atoms with Gasteiger partial charge >= 0.3 is 0 Å². The molecule has 1 amide bonds. The van der Waals surface area contributed by atoms with Gasteiger partial charge in [0.25, 0.3) is 0 Å². The first-order valence-electron chi connectivity index (χ1n) is 8.61. The van der Waals surface area contributed by atoms with E-state index < -0.39 is 0 Å². The molecule has 3 rings (SSSR count). The van der Waals surface area contributed by atoms with Gasteiger partial charge in [0.15, 0.2) is 11.5 Å². The van der Waals surface area contributed by atoms with Crippen LogP contribution >= 0.6 is 11.8 Å². The molecule has 29 heavy (non-hydrogen) atoms. The minimum absolute atomic E-state index is 0.109. The monoisotopic (exact) mass is 409 g/mol. The number of ether oxygens (including phenoxy) is 3. The standard InChI is InChI=1S/C21H19N3O4S/c1-26-16-6-4-5-15(9-16)23-20(25)12-29-21-14(11-22)7-13-8-18(27-2)19(28-3)10-17(13)24-21/h4-10H,12H2,1-3H3,(H,23,25). The van der Waals surface area contributed by atoms with Crippen LogP contribution in [0.2, 0.25) is 0 Å². The number of hydrogen-bond acceptors (Lipinski definition) is 7. The van der Waals surface area contributed by atoms with Gasteiger partial charge < -0.3 is 19.5 Å². The summed E-state index contributed by atoms with van der Waals surface area (Å²) >= 11 is 1.20. The van der Waals surface area contributed by atoms with E-state index in [0.717, 1.165) is 5.39 Å². The van der Waals surface area contributed by atoms with Crippen molar-refractivity contribution in [3.05, 3.63) is 48.0 Å². The van der Waals surface area contributed by atoms with Crippen molar-refractivity contribution in [1.29, 1.82) is 5.26 Å². The first kappa shape index (κ1) is 20.3. The molecule has 148 valence electrons. The second kappa shape index (κ2) is 9.17. The molecular weight excluding hydrogens is 390 g/mol. The Morgan fingerprint density at radius 3 is 2.55 bits per heavy atom. The molecule has 0 aliphatic rings. The van der Waals surface area contributed by atoms with Gasteiger partial charge in [0.05, 0.1) is 38.2 Å². The normalized spacial score (nSPS) is 10.3. The van der Waals surface area contributed by atoms with E-state index in [2.05, 4.69) is 16.4 Å². The smallest absolute Gasteiger partial charge is 0.234 e. The number of hydrogen-bond donors (Lipinski definition) is 1. The Morgan fingerprint density at radius 1 is 1.10 bits per heavy atom. The molecule has 0 fully saturated rings. The van der Waals surface area contributed by atoms with E-state index in [9.17, 15) is 10.1 Å². The Kier molecular flexibility index (Phi) is 6.42. The highest BCUT2D eigenvalue weighted by Gasteiger charge is 2.13. The lowest BCUT2D eigenvalue weighted by molar-refractivity contribution is -0.113. The number of rotatable bonds is 7. The van der Waals surface area contributed by atoms with Crippen LogP contribution < -0.4 is 19.5 Å². The van der Waals surface area contributed by atoms with Gasteiger partial charge in [-0.2, -0.15) is 5.26 Å². The minimum atomic E-state index is -0.207. The van der Waals surface area contributed by atoms with Gasteiger partial charge in [-0.1, -0.05) is 17.8 Å². The minimum Gasteiger partial charge on any atom is -0.497 e. The van der Waals surface area contributed by atoms with Crippen LogP contribution in [0.3, 0.4) is 0 Å². The second-order valence-corrected chi connectivity index (χ2v) is 6.89. The number of amides is 1. The van der Waals surface area contributed by atoms with E-state index in [4.69, 9.17) is 14.2 Å². The molecule has 0 aliphatic heterocycles. The summed E-state index contributed by atoms with van der Waals surface area (Å²) in [5.41, 5.74) is 1.68. The molecule has 7 nitrogen and oxygen atoms in total. The number of methoxy groups -OCH3 is 3. The average Bonchev–Trinajstić information content (AvgIpc) is 2.76.